The van der Waals surface area contributed by atoms with Crippen molar-refractivity contribution in [3.8, 4) is 11.5 Å². The summed E-state index contributed by atoms with van der Waals surface area (Å²) in [6.45, 7) is 8.61. The van der Waals surface area contributed by atoms with Crippen molar-refractivity contribution < 1.29 is 24.5 Å². The van der Waals surface area contributed by atoms with Gasteiger partial charge in [0.1, 0.15) is 17.3 Å². The van der Waals surface area contributed by atoms with Crippen molar-refractivity contribution in [2.75, 3.05) is 6.61 Å². The van der Waals surface area contributed by atoms with E-state index in [0.29, 0.717) is 17.7 Å². The Balaban J connectivity index is 1.89. The fourth-order valence-corrected chi connectivity index (χ4v) is 5.09. The maximum absolute atomic E-state index is 13.3. The molecule has 1 heterocycles. The van der Waals surface area contributed by atoms with Gasteiger partial charge in [-0.05, 0) is 61.1 Å². The monoisotopic (exact) mass is 463 g/mol. The van der Waals surface area contributed by atoms with Gasteiger partial charge in [0.2, 0.25) is 0 Å². The molecule has 1 amide bonds. The van der Waals surface area contributed by atoms with Crippen molar-refractivity contribution in [3.05, 3.63) is 64.7 Å². The smallest absolute Gasteiger partial charge is 0.295 e. The van der Waals surface area contributed by atoms with Gasteiger partial charge in [-0.15, -0.1) is 0 Å². The van der Waals surface area contributed by atoms with E-state index in [2.05, 4.69) is 20.8 Å². The number of aromatic hydroxyl groups is 1. The molecule has 1 atom stereocenters. The number of ether oxygens (including phenoxy) is 1. The van der Waals surface area contributed by atoms with Crippen molar-refractivity contribution in [1.29, 1.82) is 0 Å². The van der Waals surface area contributed by atoms with Crippen LogP contribution in [-0.4, -0.2) is 39.5 Å². The zero-order valence-electron chi connectivity index (χ0n) is 20.3. The number of phenols is 1. The van der Waals surface area contributed by atoms with Gasteiger partial charge in [-0.25, -0.2) is 0 Å². The molecule has 1 unspecified atom stereocenters. The van der Waals surface area contributed by atoms with Crippen LogP contribution in [0, 0.1) is 0 Å². The van der Waals surface area contributed by atoms with Crippen LogP contribution in [0.4, 0.5) is 0 Å². The maximum atomic E-state index is 13.3. The van der Waals surface area contributed by atoms with E-state index in [1.165, 1.54) is 0 Å². The van der Waals surface area contributed by atoms with Crippen molar-refractivity contribution in [3.63, 3.8) is 0 Å². The Hall–Kier alpha value is -3.28. The molecule has 2 aliphatic rings. The first-order valence-corrected chi connectivity index (χ1v) is 12.0. The van der Waals surface area contributed by atoms with Crippen molar-refractivity contribution in [2.45, 2.75) is 70.9 Å². The summed E-state index contributed by atoms with van der Waals surface area (Å²) in [7, 11) is 0. The maximum Gasteiger partial charge on any atom is 0.295 e. The fraction of sp³-hybridized carbons (Fsp3) is 0.429. The zero-order valence-corrected chi connectivity index (χ0v) is 20.3. The Labute approximate surface area is 200 Å². The van der Waals surface area contributed by atoms with Gasteiger partial charge in [0.15, 0.2) is 0 Å². The summed E-state index contributed by atoms with van der Waals surface area (Å²) in [5.41, 5.74) is 1.90. The van der Waals surface area contributed by atoms with Gasteiger partial charge >= 0.3 is 0 Å². The molecule has 2 fully saturated rings. The molecule has 2 aromatic carbocycles. The summed E-state index contributed by atoms with van der Waals surface area (Å²) in [5, 5.41) is 21.2. The molecule has 0 spiro atoms. The molecule has 6 nitrogen and oxygen atoms in total. The van der Waals surface area contributed by atoms with E-state index in [4.69, 9.17) is 4.74 Å². The summed E-state index contributed by atoms with van der Waals surface area (Å²) in [6.07, 6.45) is 3.67. The second kappa shape index (κ2) is 9.16. The van der Waals surface area contributed by atoms with Crippen molar-refractivity contribution in [2.24, 2.45) is 0 Å². The summed E-state index contributed by atoms with van der Waals surface area (Å²) >= 11 is 0. The van der Waals surface area contributed by atoms with Crippen molar-refractivity contribution in [1.82, 2.24) is 4.90 Å². The molecule has 0 bridgehead atoms. The largest absolute Gasteiger partial charge is 0.508 e. The van der Waals surface area contributed by atoms with E-state index in [1.807, 2.05) is 19.1 Å². The number of likely N-dealkylation sites (tertiary alicyclic amines) is 1. The number of rotatable bonds is 5. The summed E-state index contributed by atoms with van der Waals surface area (Å²) < 4.78 is 5.80. The SMILES string of the molecule is CCOc1ccc(/C(O)=C2/C(=O)C(=O)N(C3CCCC3)C2c2ccc(O)cc2)cc1C(C)(C)C. The molecule has 1 aliphatic heterocycles. The lowest BCUT2D eigenvalue weighted by Crippen LogP contribution is -2.37. The van der Waals surface area contributed by atoms with Crippen LogP contribution in [0.1, 0.15) is 76.1 Å². The molecular weight excluding hydrogens is 430 g/mol. The number of hydrogen-bond donors (Lipinski definition) is 2. The van der Waals surface area contributed by atoms with Crippen LogP contribution in [0.5, 0.6) is 11.5 Å². The van der Waals surface area contributed by atoms with E-state index < -0.39 is 17.7 Å². The van der Waals surface area contributed by atoms with Crippen LogP contribution in [-0.2, 0) is 15.0 Å². The number of carbonyl (C=O) groups is 2. The lowest BCUT2D eigenvalue weighted by atomic mass is 9.84. The number of benzene rings is 2. The highest BCUT2D eigenvalue weighted by Crippen LogP contribution is 2.44. The Morgan fingerprint density at radius 3 is 2.29 bits per heavy atom. The van der Waals surface area contributed by atoms with Gasteiger partial charge in [-0.2, -0.15) is 0 Å². The lowest BCUT2D eigenvalue weighted by molar-refractivity contribution is -0.141. The number of ketones is 1. The van der Waals surface area contributed by atoms with E-state index >= 15 is 0 Å². The Morgan fingerprint density at radius 2 is 1.71 bits per heavy atom. The minimum atomic E-state index is -0.701. The molecule has 0 aromatic heterocycles. The van der Waals surface area contributed by atoms with Crippen LogP contribution in [0.2, 0.25) is 0 Å². The number of Topliss-reactive ketones (excluding diaryl/α,β-unsaturated/α-hetero) is 1. The van der Waals surface area contributed by atoms with Gasteiger partial charge in [0.25, 0.3) is 11.7 Å². The second-order valence-electron chi connectivity index (χ2n) is 10.1. The molecular formula is C28H33NO5. The third-order valence-electron chi connectivity index (χ3n) is 6.77. The van der Waals surface area contributed by atoms with Gasteiger partial charge in [-0.3, -0.25) is 9.59 Å². The third-order valence-corrected chi connectivity index (χ3v) is 6.77. The highest BCUT2D eigenvalue weighted by atomic mass is 16.5. The Kier molecular flexibility index (Phi) is 6.43. The minimum Gasteiger partial charge on any atom is -0.508 e. The van der Waals surface area contributed by atoms with Gasteiger partial charge in [0, 0.05) is 17.2 Å². The average molecular weight is 464 g/mol. The minimum absolute atomic E-state index is 0.0500. The first kappa shape index (κ1) is 23.9. The van der Waals surface area contributed by atoms with E-state index in [1.54, 1.807) is 35.2 Å². The highest BCUT2D eigenvalue weighted by Gasteiger charge is 2.49. The van der Waals surface area contributed by atoms with Gasteiger partial charge in [-0.1, -0.05) is 45.7 Å². The van der Waals surface area contributed by atoms with Gasteiger partial charge in [0.05, 0.1) is 18.2 Å². The molecule has 1 saturated carbocycles. The predicted molar refractivity (Wildman–Crippen MR) is 131 cm³/mol. The molecule has 2 N–H and O–H groups in total. The Bertz CT molecular complexity index is 1120. The number of hydrogen-bond acceptors (Lipinski definition) is 5. The summed E-state index contributed by atoms with van der Waals surface area (Å²) in [6, 6.07) is 11.1. The van der Waals surface area contributed by atoms with E-state index in [9.17, 15) is 19.8 Å². The molecule has 1 aliphatic carbocycles. The second-order valence-corrected chi connectivity index (χ2v) is 10.1. The number of amides is 1. The van der Waals surface area contributed by atoms with Crippen LogP contribution in [0.15, 0.2) is 48.0 Å². The third kappa shape index (κ3) is 4.29. The normalized spacial score (nSPS) is 20.8. The van der Waals surface area contributed by atoms with Crippen molar-refractivity contribution >= 4 is 17.4 Å². The van der Waals surface area contributed by atoms with E-state index in [0.717, 1.165) is 37.0 Å². The number of phenolic OH excluding ortho intramolecular Hbond substituents is 1. The fourth-order valence-electron chi connectivity index (χ4n) is 5.09. The zero-order chi connectivity index (χ0) is 24.6. The number of aliphatic hydroxyl groups is 1. The number of carbonyl (C=O) groups excluding carboxylic acids is 2. The Morgan fingerprint density at radius 1 is 1.06 bits per heavy atom. The first-order valence-electron chi connectivity index (χ1n) is 12.0. The van der Waals surface area contributed by atoms with Gasteiger partial charge < -0.3 is 19.8 Å². The molecule has 34 heavy (non-hydrogen) atoms. The summed E-state index contributed by atoms with van der Waals surface area (Å²) in [5.74, 6) is -0.608. The molecule has 1 saturated heterocycles. The van der Waals surface area contributed by atoms with Crippen LogP contribution in [0.3, 0.4) is 0 Å². The predicted octanol–water partition coefficient (Wildman–Crippen LogP) is 5.45. The standard InChI is InChI=1S/C28H33NO5/c1-5-34-22-15-12-18(16-21(22)28(2,3)4)25(31)23-24(17-10-13-20(30)14-11-17)29(27(33)26(23)32)19-8-6-7-9-19/h10-16,19,24,30-31H,5-9H2,1-4H3/b25-23-. The van der Waals surface area contributed by atoms with Crippen LogP contribution >= 0.6 is 0 Å². The first-order chi connectivity index (χ1) is 16.1. The topological polar surface area (TPSA) is 87.1 Å². The molecule has 4 rings (SSSR count). The molecule has 2 aromatic rings. The lowest BCUT2D eigenvalue weighted by Gasteiger charge is -2.31. The highest BCUT2D eigenvalue weighted by molar-refractivity contribution is 6.46. The quantitative estimate of drug-likeness (QED) is 0.350. The summed E-state index contributed by atoms with van der Waals surface area (Å²) in [4.78, 5) is 28.2. The number of nitrogens with zero attached hydrogens (tertiary/aromatic N) is 1. The molecule has 0 radical (unpaired) electrons. The van der Waals surface area contributed by atoms with E-state index in [-0.39, 0.29) is 28.5 Å². The molecule has 6 heteroatoms. The van der Waals surface area contributed by atoms with Crippen LogP contribution < -0.4 is 4.74 Å². The average Bonchev–Trinajstić information content (AvgIpc) is 3.40. The number of aliphatic hydroxyl groups excluding tert-OH is 1. The molecule has 180 valence electrons. The van der Waals surface area contributed by atoms with Crippen LogP contribution in [0.25, 0.3) is 5.76 Å².